The molecule has 21 heavy (non-hydrogen) atoms. The zero-order valence-corrected chi connectivity index (χ0v) is 10.8. The van der Waals surface area contributed by atoms with Crippen LogP contribution in [0.25, 0.3) is 6.08 Å². The molecule has 0 heterocycles. The Labute approximate surface area is 119 Å². The monoisotopic (exact) mass is 289 g/mol. The first-order valence-corrected chi connectivity index (χ1v) is 5.96. The van der Waals surface area contributed by atoms with Gasteiger partial charge in [0, 0.05) is 0 Å². The van der Waals surface area contributed by atoms with Gasteiger partial charge in [0.05, 0.1) is 17.2 Å². The topological polar surface area (TPSA) is 33.0 Å². The lowest BCUT2D eigenvalue weighted by Crippen LogP contribution is -2.07. The quantitative estimate of drug-likeness (QED) is 0.795. The number of hydrogen-bond donors (Lipinski definition) is 0. The molecule has 0 bridgehead atoms. The van der Waals surface area contributed by atoms with Gasteiger partial charge in [0.1, 0.15) is 11.5 Å². The lowest BCUT2D eigenvalue weighted by Gasteiger charge is -2.11. The minimum absolute atomic E-state index is 0.0210. The van der Waals surface area contributed by atoms with Crippen LogP contribution >= 0.6 is 0 Å². The number of nitrogens with zero attached hydrogens (tertiary/aromatic N) is 1. The van der Waals surface area contributed by atoms with Crippen LogP contribution in [0, 0.1) is 11.3 Å². The molecular weight excluding hydrogens is 279 g/mol. The van der Waals surface area contributed by atoms with Gasteiger partial charge in [0.2, 0.25) is 0 Å². The molecule has 0 radical (unpaired) electrons. The van der Waals surface area contributed by atoms with Crippen LogP contribution < -0.4 is 4.74 Å². The number of alkyl halides is 3. The van der Waals surface area contributed by atoms with Gasteiger partial charge < -0.3 is 4.74 Å². The van der Waals surface area contributed by atoms with E-state index in [1.165, 1.54) is 12.1 Å². The largest absolute Gasteiger partial charge is 0.457 e. The minimum atomic E-state index is -4.60. The average molecular weight is 289 g/mol. The lowest BCUT2D eigenvalue weighted by molar-refractivity contribution is -0.137. The van der Waals surface area contributed by atoms with E-state index in [0.717, 1.165) is 17.7 Å². The first-order chi connectivity index (χ1) is 9.94. The summed E-state index contributed by atoms with van der Waals surface area (Å²) in [5.74, 6) is 0.422. The van der Waals surface area contributed by atoms with Gasteiger partial charge in [-0.25, -0.2) is 0 Å². The predicted molar refractivity (Wildman–Crippen MR) is 72.8 cm³/mol. The molecule has 2 aromatic rings. The zero-order chi connectivity index (χ0) is 15.5. The van der Waals surface area contributed by atoms with Crippen molar-refractivity contribution in [1.29, 1.82) is 5.26 Å². The molecule has 0 amide bonds. The molecule has 2 aromatic carbocycles. The van der Waals surface area contributed by atoms with E-state index in [9.17, 15) is 13.2 Å². The molecule has 0 unspecified atom stereocenters. The van der Waals surface area contributed by atoms with Gasteiger partial charge in [0.25, 0.3) is 0 Å². The average Bonchev–Trinajstić information content (AvgIpc) is 2.47. The van der Waals surface area contributed by atoms with Crippen molar-refractivity contribution < 1.29 is 17.9 Å². The summed E-state index contributed by atoms with van der Waals surface area (Å²) in [7, 11) is 0. The Hall–Kier alpha value is -2.74. The molecule has 0 aliphatic rings. The normalized spacial score (nSPS) is 10.8. The Morgan fingerprint density at radius 2 is 1.67 bits per heavy atom. The van der Waals surface area contributed by atoms with Crippen molar-refractivity contribution in [3.63, 3.8) is 0 Å². The van der Waals surface area contributed by atoms with Crippen LogP contribution in [-0.4, -0.2) is 0 Å². The van der Waals surface area contributed by atoms with E-state index in [1.807, 2.05) is 0 Å². The number of halogens is 3. The predicted octanol–water partition coefficient (Wildman–Crippen LogP) is 5.01. The SMILES string of the molecule is C=Cc1ccc(Oc2ccc(C#N)c(C(F)(F)F)c2)cc1. The van der Waals surface area contributed by atoms with E-state index in [4.69, 9.17) is 10.00 Å². The van der Waals surface area contributed by atoms with Crippen LogP contribution in [-0.2, 0) is 6.18 Å². The standard InChI is InChI=1S/C16H10F3NO/c1-2-11-3-6-13(7-4-11)21-14-8-5-12(10-20)15(9-14)16(17,18)19/h2-9H,1H2. The van der Waals surface area contributed by atoms with Gasteiger partial charge in [-0.1, -0.05) is 24.8 Å². The summed E-state index contributed by atoms with van der Waals surface area (Å²) in [5.41, 5.74) is -0.569. The van der Waals surface area contributed by atoms with Crippen LogP contribution in [0.4, 0.5) is 13.2 Å². The molecule has 0 saturated heterocycles. The molecule has 0 aliphatic carbocycles. The second-order valence-electron chi connectivity index (χ2n) is 4.19. The lowest BCUT2D eigenvalue weighted by atomic mass is 10.1. The molecular formula is C16H10F3NO. The number of benzene rings is 2. The van der Waals surface area contributed by atoms with Crippen molar-refractivity contribution in [2.24, 2.45) is 0 Å². The molecule has 2 rings (SSSR count). The number of hydrogen-bond acceptors (Lipinski definition) is 2. The fourth-order valence-corrected chi connectivity index (χ4v) is 1.73. The van der Waals surface area contributed by atoms with Gasteiger partial charge in [-0.15, -0.1) is 0 Å². The Morgan fingerprint density at radius 1 is 1.05 bits per heavy atom. The Balaban J connectivity index is 2.32. The van der Waals surface area contributed by atoms with Gasteiger partial charge in [-0.3, -0.25) is 0 Å². The van der Waals surface area contributed by atoms with Crippen molar-refractivity contribution >= 4 is 6.08 Å². The van der Waals surface area contributed by atoms with Crippen molar-refractivity contribution in [2.45, 2.75) is 6.18 Å². The first-order valence-electron chi connectivity index (χ1n) is 5.96. The van der Waals surface area contributed by atoms with E-state index < -0.39 is 17.3 Å². The third kappa shape index (κ3) is 3.42. The number of ether oxygens (including phenoxy) is 1. The van der Waals surface area contributed by atoms with E-state index >= 15 is 0 Å². The highest BCUT2D eigenvalue weighted by Gasteiger charge is 2.34. The summed E-state index contributed by atoms with van der Waals surface area (Å²) in [6.45, 7) is 3.61. The van der Waals surface area contributed by atoms with Crippen molar-refractivity contribution in [1.82, 2.24) is 0 Å². The third-order valence-corrected chi connectivity index (χ3v) is 2.77. The van der Waals surface area contributed by atoms with Crippen molar-refractivity contribution in [3.8, 4) is 17.6 Å². The highest BCUT2D eigenvalue weighted by molar-refractivity contribution is 5.49. The second kappa shape index (κ2) is 5.71. The van der Waals surface area contributed by atoms with Gasteiger partial charge >= 0.3 is 6.18 Å². The third-order valence-electron chi connectivity index (χ3n) is 2.77. The molecule has 2 nitrogen and oxygen atoms in total. The zero-order valence-electron chi connectivity index (χ0n) is 10.8. The Bertz CT molecular complexity index is 697. The van der Waals surface area contributed by atoms with E-state index in [2.05, 4.69) is 6.58 Å². The Morgan fingerprint density at radius 3 is 2.19 bits per heavy atom. The second-order valence-corrected chi connectivity index (χ2v) is 4.19. The maximum Gasteiger partial charge on any atom is 0.417 e. The number of nitriles is 1. The smallest absolute Gasteiger partial charge is 0.417 e. The molecule has 0 aliphatic heterocycles. The molecule has 5 heteroatoms. The van der Waals surface area contributed by atoms with Crippen LogP contribution in [0.3, 0.4) is 0 Å². The summed E-state index contributed by atoms with van der Waals surface area (Å²) in [4.78, 5) is 0. The van der Waals surface area contributed by atoms with E-state index in [-0.39, 0.29) is 5.75 Å². The molecule has 0 atom stereocenters. The summed E-state index contributed by atoms with van der Waals surface area (Å²) in [6.07, 6.45) is -2.95. The molecule has 0 fully saturated rings. The first kappa shape index (κ1) is 14.7. The Kier molecular flexibility index (Phi) is 3.99. The highest BCUT2D eigenvalue weighted by Crippen LogP contribution is 2.35. The van der Waals surface area contributed by atoms with Gasteiger partial charge in [-0.2, -0.15) is 18.4 Å². The summed E-state index contributed by atoms with van der Waals surface area (Å²) >= 11 is 0. The summed E-state index contributed by atoms with van der Waals surface area (Å²) in [5, 5.41) is 8.72. The molecule has 0 N–H and O–H groups in total. The van der Waals surface area contributed by atoms with E-state index in [1.54, 1.807) is 30.3 Å². The summed E-state index contributed by atoms with van der Waals surface area (Å²) in [6, 6.07) is 11.5. The van der Waals surface area contributed by atoms with Crippen LogP contribution in [0.2, 0.25) is 0 Å². The van der Waals surface area contributed by atoms with Crippen LogP contribution in [0.1, 0.15) is 16.7 Å². The van der Waals surface area contributed by atoms with Gasteiger partial charge in [0.15, 0.2) is 0 Å². The molecule has 0 spiro atoms. The molecule has 106 valence electrons. The molecule has 0 aromatic heterocycles. The maximum atomic E-state index is 12.8. The van der Waals surface area contributed by atoms with E-state index in [0.29, 0.717) is 5.75 Å². The molecule has 0 saturated carbocycles. The maximum absolute atomic E-state index is 12.8. The van der Waals surface area contributed by atoms with Crippen molar-refractivity contribution in [3.05, 3.63) is 65.7 Å². The van der Waals surface area contributed by atoms with Crippen LogP contribution in [0.5, 0.6) is 11.5 Å². The highest BCUT2D eigenvalue weighted by atomic mass is 19.4. The minimum Gasteiger partial charge on any atom is -0.457 e. The fraction of sp³-hybridized carbons (Fsp3) is 0.0625. The number of rotatable bonds is 3. The van der Waals surface area contributed by atoms with Crippen LogP contribution in [0.15, 0.2) is 49.0 Å². The fourth-order valence-electron chi connectivity index (χ4n) is 1.73. The summed E-state index contributed by atoms with van der Waals surface area (Å²) < 4.78 is 43.9. The van der Waals surface area contributed by atoms with Crippen molar-refractivity contribution in [2.75, 3.05) is 0 Å². The van der Waals surface area contributed by atoms with Gasteiger partial charge in [-0.05, 0) is 35.9 Å².